The summed E-state index contributed by atoms with van der Waals surface area (Å²) in [5, 5.41) is 9.21. The van der Waals surface area contributed by atoms with Gasteiger partial charge in [-0.3, -0.25) is 0 Å². The predicted octanol–water partition coefficient (Wildman–Crippen LogP) is 1.11. The number of rotatable bonds is 3. The van der Waals surface area contributed by atoms with Crippen LogP contribution in [0.15, 0.2) is 18.2 Å². The topological polar surface area (TPSA) is 69.8 Å². The predicted molar refractivity (Wildman–Crippen MR) is 72.1 cm³/mol. The molecule has 1 atom stereocenters. The van der Waals surface area contributed by atoms with Crippen LogP contribution in [0.25, 0.3) is 0 Å². The van der Waals surface area contributed by atoms with Crippen molar-refractivity contribution in [3.63, 3.8) is 0 Å². The number of carboxylic acids is 1. The molecule has 1 unspecified atom stereocenters. The second-order valence-electron chi connectivity index (χ2n) is 4.93. The van der Waals surface area contributed by atoms with E-state index in [4.69, 9.17) is 5.73 Å². The minimum absolute atomic E-state index is 0.323. The largest absolute Gasteiger partial charge is 0.478 e. The van der Waals surface area contributed by atoms with Gasteiger partial charge in [-0.05, 0) is 38.7 Å². The van der Waals surface area contributed by atoms with E-state index in [2.05, 4.69) is 9.80 Å². The summed E-state index contributed by atoms with van der Waals surface area (Å²) in [4.78, 5) is 15.5. The monoisotopic (exact) mass is 249 g/mol. The number of hydrogen-bond acceptors (Lipinski definition) is 4. The van der Waals surface area contributed by atoms with E-state index in [1.165, 1.54) is 0 Å². The Bertz CT molecular complexity index is 460. The van der Waals surface area contributed by atoms with Crippen molar-refractivity contribution in [2.45, 2.75) is 12.5 Å². The first-order chi connectivity index (χ1) is 8.49. The molecule has 0 bridgehead atoms. The standard InChI is InChI=1S/C13H19N3O2/c1-15(2)10-5-6-16(8-10)12-7-9(14)3-4-11(12)13(17)18/h3-4,7,10H,5-6,8,14H2,1-2H3,(H,17,18). The summed E-state index contributed by atoms with van der Waals surface area (Å²) in [7, 11) is 4.09. The molecular formula is C13H19N3O2. The number of benzene rings is 1. The summed E-state index contributed by atoms with van der Waals surface area (Å²) in [5.41, 5.74) is 7.41. The van der Waals surface area contributed by atoms with E-state index >= 15 is 0 Å². The van der Waals surface area contributed by atoms with Gasteiger partial charge in [0.2, 0.25) is 0 Å². The highest BCUT2D eigenvalue weighted by Gasteiger charge is 2.26. The Morgan fingerprint density at radius 3 is 2.78 bits per heavy atom. The minimum atomic E-state index is -0.904. The lowest BCUT2D eigenvalue weighted by atomic mass is 10.1. The summed E-state index contributed by atoms with van der Waals surface area (Å²) in [6.07, 6.45) is 1.04. The van der Waals surface area contributed by atoms with Crippen molar-refractivity contribution in [1.82, 2.24) is 4.90 Å². The highest BCUT2D eigenvalue weighted by atomic mass is 16.4. The second-order valence-corrected chi connectivity index (χ2v) is 4.93. The first kappa shape index (κ1) is 12.7. The van der Waals surface area contributed by atoms with Gasteiger partial charge in [0.05, 0.1) is 11.3 Å². The fraction of sp³-hybridized carbons (Fsp3) is 0.462. The third-order valence-electron chi connectivity index (χ3n) is 3.49. The van der Waals surface area contributed by atoms with Crippen LogP contribution in [0.2, 0.25) is 0 Å². The van der Waals surface area contributed by atoms with E-state index in [0.29, 0.717) is 17.3 Å². The van der Waals surface area contributed by atoms with Gasteiger partial charge in [-0.1, -0.05) is 0 Å². The van der Waals surface area contributed by atoms with Crippen LogP contribution >= 0.6 is 0 Å². The quantitative estimate of drug-likeness (QED) is 0.785. The Kier molecular flexibility index (Phi) is 3.43. The summed E-state index contributed by atoms with van der Waals surface area (Å²) in [6, 6.07) is 5.43. The van der Waals surface area contributed by atoms with Crippen LogP contribution in [0, 0.1) is 0 Å². The van der Waals surface area contributed by atoms with E-state index in [1.807, 2.05) is 14.1 Å². The number of carbonyl (C=O) groups is 1. The Balaban J connectivity index is 2.28. The Morgan fingerprint density at radius 2 is 2.22 bits per heavy atom. The summed E-state index contributed by atoms with van der Waals surface area (Å²) < 4.78 is 0. The maximum atomic E-state index is 11.2. The number of hydrogen-bond donors (Lipinski definition) is 2. The number of nitrogens with two attached hydrogens (primary N) is 1. The number of anilines is 2. The van der Waals surface area contributed by atoms with Crippen molar-refractivity contribution >= 4 is 17.3 Å². The first-order valence-corrected chi connectivity index (χ1v) is 6.03. The summed E-state index contributed by atoms with van der Waals surface area (Å²) in [6.45, 7) is 1.71. The van der Waals surface area contributed by atoms with Gasteiger partial charge in [0.25, 0.3) is 0 Å². The van der Waals surface area contributed by atoms with Crippen molar-refractivity contribution in [2.24, 2.45) is 0 Å². The Morgan fingerprint density at radius 1 is 1.50 bits per heavy atom. The number of carboxylic acid groups (broad SMARTS) is 1. The fourth-order valence-electron chi connectivity index (χ4n) is 2.37. The highest BCUT2D eigenvalue weighted by Crippen LogP contribution is 2.28. The smallest absolute Gasteiger partial charge is 0.337 e. The molecule has 1 fully saturated rings. The maximum Gasteiger partial charge on any atom is 0.337 e. The molecule has 1 aromatic rings. The maximum absolute atomic E-state index is 11.2. The van der Waals surface area contributed by atoms with Crippen molar-refractivity contribution in [2.75, 3.05) is 37.8 Å². The van der Waals surface area contributed by atoms with Crippen molar-refractivity contribution in [3.8, 4) is 0 Å². The van der Waals surface area contributed by atoms with Gasteiger partial charge in [0, 0.05) is 24.8 Å². The van der Waals surface area contributed by atoms with E-state index in [0.717, 1.165) is 25.2 Å². The molecule has 1 aromatic carbocycles. The molecular weight excluding hydrogens is 230 g/mol. The van der Waals surface area contributed by atoms with E-state index < -0.39 is 5.97 Å². The Hall–Kier alpha value is -1.75. The molecule has 0 aliphatic carbocycles. The zero-order chi connectivity index (χ0) is 13.3. The molecule has 5 nitrogen and oxygen atoms in total. The molecule has 98 valence electrons. The van der Waals surface area contributed by atoms with Gasteiger partial charge >= 0.3 is 5.97 Å². The second kappa shape index (κ2) is 4.86. The lowest BCUT2D eigenvalue weighted by Gasteiger charge is -2.23. The van der Waals surface area contributed by atoms with Crippen LogP contribution in [-0.2, 0) is 0 Å². The van der Waals surface area contributed by atoms with Crippen LogP contribution < -0.4 is 10.6 Å². The van der Waals surface area contributed by atoms with Crippen LogP contribution in [0.1, 0.15) is 16.8 Å². The third kappa shape index (κ3) is 2.41. The zero-order valence-corrected chi connectivity index (χ0v) is 10.8. The fourth-order valence-corrected chi connectivity index (χ4v) is 2.37. The van der Waals surface area contributed by atoms with Crippen LogP contribution in [0.4, 0.5) is 11.4 Å². The molecule has 0 spiro atoms. The van der Waals surface area contributed by atoms with E-state index in [-0.39, 0.29) is 0 Å². The first-order valence-electron chi connectivity index (χ1n) is 6.03. The van der Waals surface area contributed by atoms with E-state index in [1.54, 1.807) is 18.2 Å². The molecule has 1 saturated heterocycles. The van der Waals surface area contributed by atoms with Gasteiger partial charge in [-0.2, -0.15) is 0 Å². The van der Waals surface area contributed by atoms with Gasteiger partial charge in [-0.25, -0.2) is 4.79 Å². The van der Waals surface area contributed by atoms with Gasteiger partial charge in [-0.15, -0.1) is 0 Å². The molecule has 0 radical (unpaired) electrons. The average molecular weight is 249 g/mol. The number of likely N-dealkylation sites (N-methyl/N-ethyl adjacent to an activating group) is 1. The minimum Gasteiger partial charge on any atom is -0.478 e. The molecule has 0 saturated carbocycles. The third-order valence-corrected chi connectivity index (χ3v) is 3.49. The number of aromatic carboxylic acids is 1. The lowest BCUT2D eigenvalue weighted by Crippen LogP contribution is -2.32. The molecule has 3 N–H and O–H groups in total. The molecule has 0 amide bonds. The van der Waals surface area contributed by atoms with Crippen molar-refractivity contribution in [3.05, 3.63) is 23.8 Å². The van der Waals surface area contributed by atoms with Crippen LogP contribution in [0.3, 0.4) is 0 Å². The van der Waals surface area contributed by atoms with Crippen LogP contribution in [-0.4, -0.2) is 49.2 Å². The molecule has 18 heavy (non-hydrogen) atoms. The normalized spacial score (nSPS) is 19.5. The van der Waals surface area contributed by atoms with Gasteiger partial charge in [0.1, 0.15) is 0 Å². The number of nitrogens with zero attached hydrogens (tertiary/aromatic N) is 2. The molecule has 2 rings (SSSR count). The average Bonchev–Trinajstić information content (AvgIpc) is 2.77. The SMILES string of the molecule is CN(C)C1CCN(c2cc(N)ccc2C(=O)O)C1. The molecule has 0 aromatic heterocycles. The van der Waals surface area contributed by atoms with Gasteiger partial charge < -0.3 is 20.6 Å². The summed E-state index contributed by atoms with van der Waals surface area (Å²) in [5.74, 6) is -0.904. The van der Waals surface area contributed by atoms with Crippen molar-refractivity contribution in [1.29, 1.82) is 0 Å². The highest BCUT2D eigenvalue weighted by molar-refractivity contribution is 5.95. The van der Waals surface area contributed by atoms with Crippen LogP contribution in [0.5, 0.6) is 0 Å². The molecule has 1 heterocycles. The van der Waals surface area contributed by atoms with E-state index in [9.17, 15) is 9.90 Å². The van der Waals surface area contributed by atoms with Gasteiger partial charge in [0.15, 0.2) is 0 Å². The lowest BCUT2D eigenvalue weighted by molar-refractivity contribution is 0.0697. The molecule has 5 heteroatoms. The zero-order valence-electron chi connectivity index (χ0n) is 10.8. The Labute approximate surface area is 107 Å². The molecule has 1 aliphatic heterocycles. The molecule has 1 aliphatic rings. The van der Waals surface area contributed by atoms with Crippen molar-refractivity contribution < 1.29 is 9.90 Å². The number of nitrogen functional groups attached to an aromatic ring is 1. The summed E-state index contributed by atoms with van der Waals surface area (Å²) >= 11 is 0.